The van der Waals surface area contributed by atoms with Crippen LogP contribution in [0.2, 0.25) is 0 Å². The maximum atomic E-state index is 12.4. The highest BCUT2D eigenvalue weighted by Gasteiger charge is 2.25. The highest BCUT2D eigenvalue weighted by Crippen LogP contribution is 2.26. The minimum absolute atomic E-state index is 0. The number of carbonyl (C=O) groups excluding carboxylic acids is 1. The molecule has 0 saturated carbocycles. The van der Waals surface area contributed by atoms with Crippen molar-refractivity contribution in [3.05, 3.63) is 29.5 Å². The Labute approximate surface area is 139 Å². The Kier molecular flexibility index (Phi) is 6.67. The van der Waals surface area contributed by atoms with E-state index in [1.165, 1.54) is 11.3 Å². The largest absolute Gasteiger partial charge is 0.462 e. The lowest BCUT2D eigenvalue weighted by atomic mass is 10.2. The Morgan fingerprint density at radius 1 is 1.52 bits per heavy atom. The topological polar surface area (TPSA) is 58.4 Å². The lowest BCUT2D eigenvalue weighted by Gasteiger charge is -2.22. The van der Waals surface area contributed by atoms with E-state index in [9.17, 15) is 4.79 Å². The summed E-state index contributed by atoms with van der Waals surface area (Å²) >= 11 is 1.37. The van der Waals surface area contributed by atoms with E-state index in [1.807, 2.05) is 19.2 Å². The van der Waals surface area contributed by atoms with Crippen molar-refractivity contribution >= 4 is 42.1 Å². The standard InChI is InChI=1S/C13H15N3O2S.2ClH/c1-16(9-4-5-14-7-9)13(17)11-8-15-12(19-11)10-3-2-6-18-10;;/h2-3,6,8-9,14H,4-5,7H2,1H3;2*1H. The van der Waals surface area contributed by atoms with Crippen LogP contribution in [0.5, 0.6) is 0 Å². The van der Waals surface area contributed by atoms with Gasteiger partial charge in [-0.25, -0.2) is 4.98 Å². The van der Waals surface area contributed by atoms with Gasteiger partial charge in [0.2, 0.25) is 0 Å². The first kappa shape index (κ1) is 18.0. The third kappa shape index (κ3) is 3.77. The van der Waals surface area contributed by atoms with Gasteiger partial charge in [-0.15, -0.1) is 36.2 Å². The van der Waals surface area contributed by atoms with Gasteiger partial charge in [0.15, 0.2) is 10.8 Å². The monoisotopic (exact) mass is 349 g/mol. The molecule has 2 aromatic rings. The fourth-order valence-corrected chi connectivity index (χ4v) is 3.06. The van der Waals surface area contributed by atoms with E-state index < -0.39 is 0 Å². The number of hydrogen-bond donors (Lipinski definition) is 1. The molecule has 0 aromatic carbocycles. The Hall–Kier alpha value is -1.08. The quantitative estimate of drug-likeness (QED) is 0.925. The molecule has 0 aliphatic carbocycles. The van der Waals surface area contributed by atoms with Gasteiger partial charge in [0, 0.05) is 19.6 Å². The van der Waals surface area contributed by atoms with Gasteiger partial charge in [-0.1, -0.05) is 0 Å². The zero-order chi connectivity index (χ0) is 13.2. The molecule has 1 atom stereocenters. The number of carbonyl (C=O) groups is 1. The number of hydrogen-bond acceptors (Lipinski definition) is 5. The van der Waals surface area contributed by atoms with Crippen molar-refractivity contribution < 1.29 is 9.21 Å². The SMILES string of the molecule is CN(C(=O)c1cnc(-c2ccco2)s1)C1CCNC1.Cl.Cl. The number of aromatic nitrogens is 1. The second kappa shape index (κ2) is 7.79. The van der Waals surface area contributed by atoms with Gasteiger partial charge in [0.25, 0.3) is 5.91 Å². The normalized spacial score (nSPS) is 16.9. The number of likely N-dealkylation sites (N-methyl/N-ethyl adjacent to an activating group) is 1. The maximum absolute atomic E-state index is 12.4. The van der Waals surface area contributed by atoms with Crippen LogP contribution in [0.1, 0.15) is 16.1 Å². The lowest BCUT2D eigenvalue weighted by molar-refractivity contribution is 0.0748. The number of thiazole rings is 1. The van der Waals surface area contributed by atoms with Gasteiger partial charge in [0.05, 0.1) is 12.5 Å². The van der Waals surface area contributed by atoms with Crippen molar-refractivity contribution in [3.8, 4) is 10.8 Å². The molecule has 21 heavy (non-hydrogen) atoms. The molecule has 2 aromatic heterocycles. The second-order valence-corrected chi connectivity index (χ2v) is 5.60. The molecule has 0 radical (unpaired) electrons. The third-order valence-corrected chi connectivity index (χ3v) is 4.35. The van der Waals surface area contributed by atoms with Crippen LogP contribution in [0.3, 0.4) is 0 Å². The second-order valence-electron chi connectivity index (χ2n) is 4.57. The number of nitrogens with zero attached hydrogens (tertiary/aromatic N) is 2. The summed E-state index contributed by atoms with van der Waals surface area (Å²) in [5.41, 5.74) is 0. The fourth-order valence-electron chi connectivity index (χ4n) is 2.20. The van der Waals surface area contributed by atoms with E-state index in [1.54, 1.807) is 17.4 Å². The van der Waals surface area contributed by atoms with Crippen LogP contribution < -0.4 is 5.32 Å². The molecule has 1 N–H and O–H groups in total. The molecule has 1 amide bonds. The molecule has 116 valence electrons. The zero-order valence-corrected chi connectivity index (χ0v) is 13.9. The van der Waals surface area contributed by atoms with Gasteiger partial charge >= 0.3 is 0 Å². The molecule has 0 spiro atoms. The summed E-state index contributed by atoms with van der Waals surface area (Å²) in [4.78, 5) is 19.1. The zero-order valence-electron chi connectivity index (χ0n) is 11.4. The van der Waals surface area contributed by atoms with Crippen LogP contribution in [-0.2, 0) is 0 Å². The molecular weight excluding hydrogens is 333 g/mol. The fraction of sp³-hybridized carbons (Fsp3) is 0.385. The number of rotatable bonds is 3. The number of nitrogens with one attached hydrogen (secondary N) is 1. The van der Waals surface area contributed by atoms with Crippen LogP contribution in [0.25, 0.3) is 10.8 Å². The molecule has 1 aliphatic rings. The van der Waals surface area contributed by atoms with Crippen LogP contribution in [0, 0.1) is 0 Å². The summed E-state index contributed by atoms with van der Waals surface area (Å²) in [7, 11) is 1.85. The Bertz CT molecular complexity index is 568. The molecule has 0 bridgehead atoms. The molecule has 8 heteroatoms. The van der Waals surface area contributed by atoms with E-state index in [0.717, 1.165) is 24.5 Å². The average molecular weight is 350 g/mol. The molecule has 5 nitrogen and oxygen atoms in total. The summed E-state index contributed by atoms with van der Waals surface area (Å²) in [6.07, 6.45) is 4.24. The molecule has 3 heterocycles. The minimum atomic E-state index is 0. The third-order valence-electron chi connectivity index (χ3n) is 3.35. The smallest absolute Gasteiger partial charge is 0.265 e. The molecule has 1 aliphatic heterocycles. The summed E-state index contributed by atoms with van der Waals surface area (Å²) in [6.45, 7) is 1.84. The molecule has 1 unspecified atom stereocenters. The van der Waals surface area contributed by atoms with Crippen molar-refractivity contribution in [1.29, 1.82) is 0 Å². The van der Waals surface area contributed by atoms with E-state index in [0.29, 0.717) is 10.6 Å². The van der Waals surface area contributed by atoms with Crippen molar-refractivity contribution in [2.24, 2.45) is 0 Å². The summed E-state index contributed by atoms with van der Waals surface area (Å²) in [5.74, 6) is 0.734. The highest BCUT2D eigenvalue weighted by molar-refractivity contribution is 7.16. The molecular formula is C13H17Cl2N3O2S. The molecule has 1 fully saturated rings. The van der Waals surface area contributed by atoms with Crippen molar-refractivity contribution in [2.45, 2.75) is 12.5 Å². The maximum Gasteiger partial charge on any atom is 0.265 e. The van der Waals surface area contributed by atoms with Crippen molar-refractivity contribution in [2.75, 3.05) is 20.1 Å². The predicted octanol–water partition coefficient (Wildman–Crippen LogP) is 2.68. The van der Waals surface area contributed by atoms with Gasteiger partial charge in [-0.2, -0.15) is 0 Å². The summed E-state index contributed by atoms with van der Waals surface area (Å²) in [5, 5.41) is 4.01. The van der Waals surface area contributed by atoms with E-state index in [2.05, 4.69) is 10.3 Å². The van der Waals surface area contributed by atoms with Crippen LogP contribution in [0.4, 0.5) is 0 Å². The van der Waals surface area contributed by atoms with E-state index in [-0.39, 0.29) is 36.8 Å². The number of furan rings is 1. The van der Waals surface area contributed by atoms with Crippen LogP contribution >= 0.6 is 36.2 Å². The summed E-state index contributed by atoms with van der Waals surface area (Å²) < 4.78 is 5.29. The van der Waals surface area contributed by atoms with Crippen molar-refractivity contribution in [3.63, 3.8) is 0 Å². The van der Waals surface area contributed by atoms with Crippen molar-refractivity contribution in [1.82, 2.24) is 15.2 Å². The predicted molar refractivity (Wildman–Crippen MR) is 87.7 cm³/mol. The van der Waals surface area contributed by atoms with E-state index in [4.69, 9.17) is 4.42 Å². The van der Waals surface area contributed by atoms with Gasteiger partial charge in [-0.3, -0.25) is 4.79 Å². The Morgan fingerprint density at radius 2 is 2.33 bits per heavy atom. The first-order valence-electron chi connectivity index (χ1n) is 6.23. The molecule has 1 saturated heterocycles. The first-order chi connectivity index (χ1) is 9.25. The average Bonchev–Trinajstić information content (AvgIpc) is 3.16. The molecule has 3 rings (SSSR count). The van der Waals surface area contributed by atoms with Gasteiger partial charge in [0.1, 0.15) is 4.88 Å². The lowest BCUT2D eigenvalue weighted by Crippen LogP contribution is -2.37. The first-order valence-corrected chi connectivity index (χ1v) is 7.05. The highest BCUT2D eigenvalue weighted by atomic mass is 35.5. The van der Waals surface area contributed by atoms with Crippen LogP contribution in [-0.4, -0.2) is 42.0 Å². The summed E-state index contributed by atoms with van der Waals surface area (Å²) in [6, 6.07) is 3.94. The minimum Gasteiger partial charge on any atom is -0.462 e. The number of halogens is 2. The van der Waals surface area contributed by atoms with E-state index >= 15 is 0 Å². The Balaban J connectivity index is 0.00000110. The van der Waals surface area contributed by atoms with Crippen LogP contribution in [0.15, 0.2) is 29.0 Å². The Morgan fingerprint density at radius 3 is 2.95 bits per heavy atom. The number of amides is 1. The van der Waals surface area contributed by atoms with Gasteiger partial charge in [-0.05, 0) is 25.1 Å². The van der Waals surface area contributed by atoms with Gasteiger partial charge < -0.3 is 14.6 Å².